The number of nitro groups is 1. The molecule has 0 aromatic heterocycles. The Bertz CT molecular complexity index is 616. The van der Waals surface area contributed by atoms with E-state index in [4.69, 9.17) is 4.74 Å². The van der Waals surface area contributed by atoms with Crippen molar-refractivity contribution in [2.45, 2.75) is 18.2 Å². The quantitative estimate of drug-likeness (QED) is 0.424. The van der Waals surface area contributed by atoms with Crippen LogP contribution in [-0.4, -0.2) is 40.7 Å². The van der Waals surface area contributed by atoms with Gasteiger partial charge in [0.25, 0.3) is 5.69 Å². The van der Waals surface area contributed by atoms with Crippen molar-refractivity contribution in [3.63, 3.8) is 0 Å². The van der Waals surface area contributed by atoms with Gasteiger partial charge in [-0.25, -0.2) is 13.1 Å². The van der Waals surface area contributed by atoms with Gasteiger partial charge >= 0.3 is 0 Å². The molecule has 0 heterocycles. The molecule has 8 nitrogen and oxygen atoms in total. The summed E-state index contributed by atoms with van der Waals surface area (Å²) >= 11 is 0. The topological polar surface area (TPSA) is 111 Å². The fraction of sp³-hybridized carbons (Fsp3) is 0.500. The van der Waals surface area contributed by atoms with E-state index in [0.717, 1.165) is 6.07 Å². The molecule has 0 aliphatic carbocycles. The van der Waals surface area contributed by atoms with Gasteiger partial charge in [-0.05, 0) is 25.0 Å². The van der Waals surface area contributed by atoms with Gasteiger partial charge in [-0.2, -0.15) is 0 Å². The van der Waals surface area contributed by atoms with Crippen LogP contribution < -0.4 is 10.0 Å². The van der Waals surface area contributed by atoms with E-state index in [1.807, 2.05) is 0 Å². The van der Waals surface area contributed by atoms with Gasteiger partial charge < -0.3 is 10.1 Å². The van der Waals surface area contributed by atoms with Gasteiger partial charge in [-0.15, -0.1) is 0 Å². The molecule has 0 radical (unpaired) electrons. The van der Waals surface area contributed by atoms with Crippen LogP contribution in [0.25, 0.3) is 0 Å². The summed E-state index contributed by atoms with van der Waals surface area (Å²) in [5.74, 6) is 0. The lowest BCUT2D eigenvalue weighted by Gasteiger charge is -2.11. The number of nitrogens with one attached hydrogen (secondary N) is 2. The Labute approximate surface area is 123 Å². The summed E-state index contributed by atoms with van der Waals surface area (Å²) < 4.78 is 31.6. The third kappa shape index (κ3) is 4.38. The molecule has 9 heteroatoms. The van der Waals surface area contributed by atoms with Crippen LogP contribution in [0.1, 0.15) is 12.0 Å². The molecule has 0 amide bonds. The first-order chi connectivity index (χ1) is 9.83. The van der Waals surface area contributed by atoms with Gasteiger partial charge in [0.15, 0.2) is 0 Å². The van der Waals surface area contributed by atoms with Crippen LogP contribution in [0, 0.1) is 17.0 Å². The average Bonchev–Trinajstić information content (AvgIpc) is 2.42. The third-order valence-electron chi connectivity index (χ3n) is 2.87. The van der Waals surface area contributed by atoms with Crippen molar-refractivity contribution in [2.24, 2.45) is 0 Å². The van der Waals surface area contributed by atoms with Crippen molar-refractivity contribution in [2.75, 3.05) is 32.6 Å². The summed E-state index contributed by atoms with van der Waals surface area (Å²) in [5.41, 5.74) is 0.431. The molecule has 0 spiro atoms. The first-order valence-corrected chi connectivity index (χ1v) is 7.77. The maximum Gasteiger partial charge on any atom is 0.293 e. The first-order valence-electron chi connectivity index (χ1n) is 6.29. The van der Waals surface area contributed by atoms with Gasteiger partial charge in [-0.3, -0.25) is 10.1 Å². The van der Waals surface area contributed by atoms with Crippen LogP contribution >= 0.6 is 0 Å². The Balaban J connectivity index is 3.11. The number of nitro benzene ring substituents is 1. The van der Waals surface area contributed by atoms with Crippen LogP contribution in [0.3, 0.4) is 0 Å². The fourth-order valence-electron chi connectivity index (χ4n) is 1.82. The maximum absolute atomic E-state index is 12.2. The molecule has 1 aromatic carbocycles. The second-order valence-electron chi connectivity index (χ2n) is 4.39. The van der Waals surface area contributed by atoms with E-state index in [0.29, 0.717) is 18.6 Å². The summed E-state index contributed by atoms with van der Waals surface area (Å²) in [5, 5.41) is 13.7. The fourth-order valence-corrected chi connectivity index (χ4v) is 3.14. The summed E-state index contributed by atoms with van der Waals surface area (Å²) in [6, 6.07) is 2.52. The van der Waals surface area contributed by atoms with Crippen molar-refractivity contribution < 1.29 is 18.1 Å². The van der Waals surface area contributed by atoms with Crippen molar-refractivity contribution in [1.82, 2.24) is 4.72 Å². The van der Waals surface area contributed by atoms with Gasteiger partial charge in [0, 0.05) is 33.4 Å². The van der Waals surface area contributed by atoms with Crippen LogP contribution in [-0.2, 0) is 14.8 Å². The molecule has 1 aromatic rings. The molecule has 0 aliphatic heterocycles. The third-order valence-corrected chi connectivity index (χ3v) is 4.47. The lowest BCUT2D eigenvalue weighted by Crippen LogP contribution is -2.26. The summed E-state index contributed by atoms with van der Waals surface area (Å²) in [4.78, 5) is 10.3. The Morgan fingerprint density at radius 3 is 2.57 bits per heavy atom. The second-order valence-corrected chi connectivity index (χ2v) is 6.12. The maximum atomic E-state index is 12.2. The van der Waals surface area contributed by atoms with E-state index in [1.165, 1.54) is 13.2 Å². The number of methoxy groups -OCH3 is 1. The second kappa shape index (κ2) is 7.34. The molecule has 0 unspecified atom stereocenters. The number of anilines is 1. The van der Waals surface area contributed by atoms with E-state index in [9.17, 15) is 18.5 Å². The normalized spacial score (nSPS) is 11.4. The highest BCUT2D eigenvalue weighted by Crippen LogP contribution is 2.30. The zero-order chi connectivity index (χ0) is 16.0. The summed E-state index contributed by atoms with van der Waals surface area (Å²) in [6.45, 7) is 2.23. The monoisotopic (exact) mass is 317 g/mol. The molecule has 0 saturated heterocycles. The van der Waals surface area contributed by atoms with E-state index in [-0.39, 0.29) is 22.8 Å². The Morgan fingerprint density at radius 2 is 2.05 bits per heavy atom. The average molecular weight is 317 g/mol. The van der Waals surface area contributed by atoms with Crippen LogP contribution in [0.2, 0.25) is 0 Å². The predicted molar refractivity (Wildman–Crippen MR) is 79.1 cm³/mol. The molecule has 21 heavy (non-hydrogen) atoms. The molecule has 0 aliphatic rings. The smallest absolute Gasteiger partial charge is 0.293 e. The summed E-state index contributed by atoms with van der Waals surface area (Å²) in [7, 11) is -0.723. The number of aryl methyl sites for hydroxylation is 1. The lowest BCUT2D eigenvalue weighted by atomic mass is 10.2. The van der Waals surface area contributed by atoms with Crippen molar-refractivity contribution in [3.8, 4) is 0 Å². The lowest BCUT2D eigenvalue weighted by molar-refractivity contribution is -0.384. The molecular weight excluding hydrogens is 298 g/mol. The molecule has 1 rings (SSSR count). The number of rotatable bonds is 8. The van der Waals surface area contributed by atoms with E-state index in [1.54, 1.807) is 14.0 Å². The standard InChI is InChI=1S/C12H19N3O5S/c1-9-7-10(13-2)11(15(16)17)8-12(9)21(18,19)14-5-4-6-20-3/h7-8,13-14H,4-6H2,1-3H3. The largest absolute Gasteiger partial charge is 0.385 e. The minimum absolute atomic E-state index is 0.0920. The molecule has 0 atom stereocenters. The highest BCUT2D eigenvalue weighted by Gasteiger charge is 2.23. The SMILES string of the molecule is CNc1cc(C)c(S(=O)(=O)NCCCOC)cc1[N+](=O)[O-]. The Kier molecular flexibility index (Phi) is 6.06. The zero-order valence-corrected chi connectivity index (χ0v) is 13.0. The van der Waals surface area contributed by atoms with Crippen LogP contribution in [0.4, 0.5) is 11.4 Å². The number of hydrogen-bond acceptors (Lipinski definition) is 6. The van der Waals surface area contributed by atoms with Gasteiger partial charge in [0.1, 0.15) is 5.69 Å². The highest BCUT2D eigenvalue weighted by molar-refractivity contribution is 7.89. The molecule has 0 saturated carbocycles. The van der Waals surface area contributed by atoms with Crippen molar-refractivity contribution >= 4 is 21.4 Å². The molecule has 0 bridgehead atoms. The Morgan fingerprint density at radius 1 is 1.38 bits per heavy atom. The van der Waals surface area contributed by atoms with Crippen molar-refractivity contribution in [1.29, 1.82) is 0 Å². The van der Waals surface area contributed by atoms with E-state index in [2.05, 4.69) is 10.0 Å². The van der Waals surface area contributed by atoms with Crippen LogP contribution in [0.15, 0.2) is 17.0 Å². The molecule has 2 N–H and O–H groups in total. The number of nitrogens with zero attached hydrogens (tertiary/aromatic N) is 1. The van der Waals surface area contributed by atoms with E-state index >= 15 is 0 Å². The van der Waals surface area contributed by atoms with Crippen molar-refractivity contribution in [3.05, 3.63) is 27.8 Å². The number of benzene rings is 1. The zero-order valence-electron chi connectivity index (χ0n) is 12.2. The molecular formula is C12H19N3O5S. The first kappa shape index (κ1) is 17.3. The number of ether oxygens (including phenoxy) is 1. The van der Waals surface area contributed by atoms with Crippen LogP contribution in [0.5, 0.6) is 0 Å². The molecule has 118 valence electrons. The minimum atomic E-state index is -3.79. The van der Waals surface area contributed by atoms with E-state index < -0.39 is 14.9 Å². The summed E-state index contributed by atoms with van der Waals surface area (Å²) in [6.07, 6.45) is 0.519. The predicted octanol–water partition coefficient (Wildman–Crippen LogP) is 1.26. The van der Waals surface area contributed by atoms with Gasteiger partial charge in [-0.1, -0.05) is 0 Å². The molecule has 0 fully saturated rings. The highest BCUT2D eigenvalue weighted by atomic mass is 32.2. The number of sulfonamides is 1. The minimum Gasteiger partial charge on any atom is -0.385 e. The van der Waals surface area contributed by atoms with Gasteiger partial charge in [0.05, 0.1) is 9.82 Å². The van der Waals surface area contributed by atoms with Gasteiger partial charge in [0.2, 0.25) is 10.0 Å². The Hall–Kier alpha value is -1.71. The number of hydrogen-bond donors (Lipinski definition) is 2.